The molecular weight excluding hydrogens is 219 g/mol. The molecule has 0 N–H and O–H groups in total. The molecule has 0 amide bonds. The van der Waals surface area contributed by atoms with Crippen LogP contribution in [0.2, 0.25) is 0 Å². The third kappa shape index (κ3) is 2.05. The van der Waals surface area contributed by atoms with Crippen molar-refractivity contribution in [2.75, 3.05) is 0 Å². The number of halogens is 2. The Morgan fingerprint density at radius 2 is 2.15 bits per heavy atom. The molecule has 0 heterocycles. The molecule has 0 spiro atoms. The molecule has 0 aromatic carbocycles. The van der Waals surface area contributed by atoms with Crippen LogP contribution in [0.1, 0.15) is 0 Å². The highest BCUT2D eigenvalue weighted by Gasteiger charge is 2.25. The largest absolute Gasteiger partial charge is 0.276 e. The summed E-state index contributed by atoms with van der Waals surface area (Å²) in [6, 6.07) is 0. The second-order valence-electron chi connectivity index (χ2n) is 2.25. The van der Waals surface area contributed by atoms with E-state index in [2.05, 4.69) is 0 Å². The van der Waals surface area contributed by atoms with Gasteiger partial charge in [-0.25, -0.2) is 4.39 Å². The van der Waals surface area contributed by atoms with Gasteiger partial charge in [0.1, 0.15) is 4.86 Å². The van der Waals surface area contributed by atoms with Crippen LogP contribution in [0.5, 0.6) is 0 Å². The van der Waals surface area contributed by atoms with E-state index < -0.39 is 26.6 Å². The molecule has 0 radical (unpaired) electrons. The van der Waals surface area contributed by atoms with E-state index in [9.17, 15) is 17.6 Å². The third-order valence-corrected chi connectivity index (χ3v) is 2.42. The fourth-order valence-electron chi connectivity index (χ4n) is 0.874. The molecule has 0 fully saturated rings. The molecule has 1 aliphatic rings. The predicted molar refractivity (Wildman–Crippen MR) is 46.9 cm³/mol. The van der Waals surface area contributed by atoms with Crippen molar-refractivity contribution in [3.05, 3.63) is 23.8 Å². The van der Waals surface area contributed by atoms with Gasteiger partial charge in [-0.2, -0.15) is 8.42 Å². The summed E-state index contributed by atoms with van der Waals surface area (Å²) in [5.74, 6) is 0. The van der Waals surface area contributed by atoms with Crippen LogP contribution >= 0.6 is 11.6 Å². The van der Waals surface area contributed by atoms with E-state index in [1.165, 1.54) is 6.08 Å². The summed E-state index contributed by atoms with van der Waals surface area (Å²) >= 11 is 5.03. The molecule has 0 bridgehead atoms. The van der Waals surface area contributed by atoms with Crippen LogP contribution in [0.4, 0.5) is 4.39 Å². The minimum absolute atomic E-state index is 0.358. The van der Waals surface area contributed by atoms with E-state index in [4.69, 9.17) is 11.6 Å². The van der Waals surface area contributed by atoms with Crippen molar-refractivity contribution in [3.63, 3.8) is 0 Å². The second kappa shape index (κ2) is 3.85. The lowest BCUT2D eigenvalue weighted by Gasteiger charge is -2.09. The molecule has 1 rings (SSSR count). The number of carbonyl (C=O) groups excluding carboxylic acids is 1. The molecule has 6 heteroatoms. The fourth-order valence-corrected chi connectivity index (χ4v) is 1.52. The zero-order chi connectivity index (χ0) is 10.0. The smallest absolute Gasteiger partial charge is 0.251 e. The first kappa shape index (κ1) is 10.1. The maximum atomic E-state index is 13.2. The van der Waals surface area contributed by atoms with Gasteiger partial charge < -0.3 is 0 Å². The van der Waals surface area contributed by atoms with Gasteiger partial charge in [0, 0.05) is 0 Å². The van der Waals surface area contributed by atoms with E-state index in [0.29, 0.717) is 0 Å². The number of alkyl halides is 1. The number of rotatable bonds is 1. The van der Waals surface area contributed by atoms with Crippen molar-refractivity contribution in [2.45, 2.75) is 6.17 Å². The van der Waals surface area contributed by atoms with Crippen molar-refractivity contribution in [1.29, 1.82) is 0 Å². The first-order valence-electron chi connectivity index (χ1n) is 3.22. The Bertz CT molecular complexity index is 425. The Labute approximate surface area is 80.0 Å². The highest BCUT2D eigenvalue weighted by atomic mass is 35.5. The summed E-state index contributed by atoms with van der Waals surface area (Å²) in [5, 5.41) is -0.986. The predicted octanol–water partition coefficient (Wildman–Crippen LogP) is 0.638. The Kier molecular flexibility index (Phi) is 3.00. The number of carbonyl (C=O) groups is 1. The van der Waals surface area contributed by atoms with Gasteiger partial charge in [-0.05, 0) is 17.7 Å². The first-order chi connectivity index (χ1) is 6.04. The van der Waals surface area contributed by atoms with Crippen LogP contribution in [0.25, 0.3) is 0 Å². The standard InChI is InChI=1S/C7H4ClFO3S/c8-7(10)4-2-1-3-5(6(4)9)13(11)12/h1-3,6H. The number of allylic oxidation sites excluding steroid dienone is 4. The summed E-state index contributed by atoms with van der Waals surface area (Å²) < 4.78 is 34.0. The molecule has 0 saturated carbocycles. The van der Waals surface area contributed by atoms with Crippen LogP contribution in [0, 0.1) is 0 Å². The lowest BCUT2D eigenvalue weighted by Crippen LogP contribution is -2.22. The molecule has 3 nitrogen and oxygen atoms in total. The molecule has 0 aromatic heterocycles. The molecule has 0 aromatic rings. The summed E-state index contributed by atoms with van der Waals surface area (Å²) in [7, 11) is -2.67. The third-order valence-electron chi connectivity index (χ3n) is 1.48. The van der Waals surface area contributed by atoms with Crippen LogP contribution in [-0.2, 0) is 15.1 Å². The van der Waals surface area contributed by atoms with Crippen LogP contribution in [0.3, 0.4) is 0 Å². The summed E-state index contributed by atoms with van der Waals surface area (Å²) in [5.41, 5.74) is -0.358. The summed E-state index contributed by atoms with van der Waals surface area (Å²) in [6.07, 6.45) is 1.54. The molecule has 1 atom stereocenters. The molecule has 13 heavy (non-hydrogen) atoms. The van der Waals surface area contributed by atoms with Gasteiger partial charge in [-0.15, -0.1) is 0 Å². The van der Waals surface area contributed by atoms with Crippen molar-refractivity contribution < 1.29 is 17.6 Å². The van der Waals surface area contributed by atoms with Crippen molar-refractivity contribution in [3.8, 4) is 0 Å². The van der Waals surface area contributed by atoms with Gasteiger partial charge in [-0.3, -0.25) is 4.79 Å². The molecule has 1 aliphatic carbocycles. The minimum atomic E-state index is -2.67. The second-order valence-corrected chi connectivity index (χ2v) is 3.54. The highest BCUT2D eigenvalue weighted by Crippen LogP contribution is 2.16. The zero-order valence-electron chi connectivity index (χ0n) is 6.20. The van der Waals surface area contributed by atoms with Gasteiger partial charge in [0.2, 0.25) is 10.3 Å². The zero-order valence-corrected chi connectivity index (χ0v) is 7.77. The Morgan fingerprint density at radius 3 is 2.62 bits per heavy atom. The Balaban J connectivity index is 3.23. The summed E-state index contributed by atoms with van der Waals surface area (Å²) in [4.78, 5) is 10.1. The molecular formula is C7H4ClFO3S. The topological polar surface area (TPSA) is 51.2 Å². The lowest BCUT2D eigenvalue weighted by molar-refractivity contribution is -0.108. The Hall–Kier alpha value is -0.940. The highest BCUT2D eigenvalue weighted by molar-refractivity contribution is 7.73. The van der Waals surface area contributed by atoms with Crippen molar-refractivity contribution in [2.24, 2.45) is 0 Å². The van der Waals surface area contributed by atoms with Crippen molar-refractivity contribution in [1.82, 2.24) is 0 Å². The van der Waals surface area contributed by atoms with E-state index in [-0.39, 0.29) is 5.57 Å². The van der Waals surface area contributed by atoms with E-state index in [0.717, 1.165) is 12.2 Å². The maximum Gasteiger partial charge on any atom is 0.251 e. The number of hydrogen-bond acceptors (Lipinski definition) is 3. The van der Waals surface area contributed by atoms with Gasteiger partial charge in [0.15, 0.2) is 6.17 Å². The van der Waals surface area contributed by atoms with Gasteiger partial charge in [0.25, 0.3) is 5.24 Å². The molecule has 1 unspecified atom stereocenters. The van der Waals surface area contributed by atoms with Gasteiger partial charge in [-0.1, -0.05) is 12.2 Å². The van der Waals surface area contributed by atoms with E-state index in [1.807, 2.05) is 0 Å². The van der Waals surface area contributed by atoms with Crippen LogP contribution in [-0.4, -0.2) is 24.7 Å². The number of hydrogen-bond donors (Lipinski definition) is 0. The molecule has 0 saturated heterocycles. The van der Waals surface area contributed by atoms with E-state index in [1.54, 1.807) is 0 Å². The van der Waals surface area contributed by atoms with E-state index >= 15 is 0 Å². The molecule has 70 valence electrons. The van der Waals surface area contributed by atoms with Crippen molar-refractivity contribution >= 4 is 32.0 Å². The average Bonchev–Trinajstić information content (AvgIpc) is 2.03. The van der Waals surface area contributed by atoms with Gasteiger partial charge in [0.05, 0.1) is 5.57 Å². The van der Waals surface area contributed by atoms with Crippen LogP contribution < -0.4 is 0 Å². The lowest BCUT2D eigenvalue weighted by atomic mass is 10.0. The van der Waals surface area contributed by atoms with Gasteiger partial charge >= 0.3 is 0 Å². The Morgan fingerprint density at radius 1 is 1.54 bits per heavy atom. The summed E-state index contributed by atoms with van der Waals surface area (Å²) in [6.45, 7) is 0. The fraction of sp³-hybridized carbons (Fsp3) is 0.143. The quantitative estimate of drug-likeness (QED) is 0.483. The normalized spacial score (nSPS) is 21.2. The maximum absolute atomic E-state index is 13.2. The minimum Gasteiger partial charge on any atom is -0.276 e. The average molecular weight is 223 g/mol. The monoisotopic (exact) mass is 222 g/mol. The van der Waals surface area contributed by atoms with Crippen LogP contribution in [0.15, 0.2) is 23.8 Å². The first-order valence-corrected chi connectivity index (χ1v) is 4.67. The molecule has 0 aliphatic heterocycles. The SMILES string of the molecule is O=C(Cl)C1=CC=CC(=S(=O)=O)C1F.